The monoisotopic (exact) mass is 463 g/mol. The lowest BCUT2D eigenvalue weighted by Gasteiger charge is -2.25. The van der Waals surface area contributed by atoms with Crippen LogP contribution in [0.2, 0.25) is 0 Å². The van der Waals surface area contributed by atoms with Gasteiger partial charge in [0, 0.05) is 18.8 Å². The lowest BCUT2D eigenvalue weighted by molar-refractivity contribution is 0.104. The lowest BCUT2D eigenvalue weighted by Crippen LogP contribution is -2.25. The fourth-order valence-electron chi connectivity index (χ4n) is 4.28. The van der Waals surface area contributed by atoms with Gasteiger partial charge < -0.3 is 10.0 Å². The van der Waals surface area contributed by atoms with Gasteiger partial charge in [-0.2, -0.15) is 0 Å². The van der Waals surface area contributed by atoms with Crippen LogP contribution in [0.25, 0.3) is 6.08 Å². The van der Waals surface area contributed by atoms with Gasteiger partial charge >= 0.3 is 0 Å². The van der Waals surface area contributed by atoms with Gasteiger partial charge in [0.05, 0.1) is 5.56 Å². The van der Waals surface area contributed by atoms with E-state index in [4.69, 9.17) is 0 Å². The van der Waals surface area contributed by atoms with Crippen molar-refractivity contribution in [1.82, 2.24) is 0 Å². The van der Waals surface area contributed by atoms with E-state index in [1.165, 1.54) is 94.9 Å². The molecule has 0 spiro atoms. The summed E-state index contributed by atoms with van der Waals surface area (Å²) in [6.45, 7) is 6.76. The van der Waals surface area contributed by atoms with Gasteiger partial charge in [0.15, 0.2) is 5.78 Å². The van der Waals surface area contributed by atoms with Gasteiger partial charge in [0.1, 0.15) is 5.75 Å². The minimum absolute atomic E-state index is 0.0209. The van der Waals surface area contributed by atoms with Gasteiger partial charge in [-0.1, -0.05) is 108 Å². The van der Waals surface area contributed by atoms with Crippen molar-refractivity contribution < 1.29 is 9.90 Å². The normalized spacial score (nSPS) is 11.2. The second-order valence-electron chi connectivity index (χ2n) is 9.33. The van der Waals surface area contributed by atoms with E-state index in [-0.39, 0.29) is 11.5 Å². The first-order valence-corrected chi connectivity index (χ1v) is 13.5. The molecule has 2 aromatic rings. The van der Waals surface area contributed by atoms with Crippen molar-refractivity contribution in [3.8, 4) is 5.75 Å². The average molecular weight is 464 g/mol. The van der Waals surface area contributed by atoms with Gasteiger partial charge in [-0.15, -0.1) is 0 Å². The van der Waals surface area contributed by atoms with E-state index >= 15 is 0 Å². The zero-order valence-corrected chi connectivity index (χ0v) is 21.5. The molecule has 3 nitrogen and oxygen atoms in total. The number of hydrogen-bond donors (Lipinski definition) is 1. The zero-order valence-electron chi connectivity index (χ0n) is 21.5. The van der Waals surface area contributed by atoms with E-state index in [1.807, 2.05) is 6.08 Å². The van der Waals surface area contributed by atoms with E-state index in [2.05, 4.69) is 43.0 Å². The second-order valence-corrected chi connectivity index (χ2v) is 9.33. The Morgan fingerprint density at radius 1 is 0.735 bits per heavy atom. The maximum absolute atomic E-state index is 12.4. The van der Waals surface area contributed by atoms with Crippen molar-refractivity contribution in [1.29, 1.82) is 0 Å². The van der Waals surface area contributed by atoms with Gasteiger partial charge in [0.2, 0.25) is 0 Å². The van der Waals surface area contributed by atoms with Crippen molar-refractivity contribution >= 4 is 17.5 Å². The maximum atomic E-state index is 12.4. The summed E-state index contributed by atoms with van der Waals surface area (Å²) < 4.78 is 0. The Morgan fingerprint density at radius 2 is 1.26 bits per heavy atom. The van der Waals surface area contributed by atoms with E-state index in [0.717, 1.165) is 18.7 Å². The van der Waals surface area contributed by atoms with Crippen LogP contribution in [-0.2, 0) is 0 Å². The van der Waals surface area contributed by atoms with Gasteiger partial charge in [-0.05, 0) is 48.7 Å². The summed E-state index contributed by atoms with van der Waals surface area (Å²) in [5.41, 5.74) is 2.59. The molecule has 34 heavy (non-hydrogen) atoms. The first-order valence-electron chi connectivity index (χ1n) is 13.5. The molecule has 0 unspecified atom stereocenters. The van der Waals surface area contributed by atoms with Crippen LogP contribution in [0.3, 0.4) is 0 Å². The standard InChI is InChI=1S/C31H45NO2/c1-3-5-7-9-11-15-25-32(26-16-12-10-8-6-4-2)28-22-19-27(20-23-28)21-24-31(34)29-17-13-14-18-30(29)33/h13-14,17-24,33H,3-12,15-16,25-26H2,1-2H3/b24-21+. The van der Waals surface area contributed by atoms with Crippen molar-refractivity contribution in [2.75, 3.05) is 18.0 Å². The Balaban J connectivity index is 1.93. The molecular formula is C31H45NO2. The summed E-state index contributed by atoms with van der Waals surface area (Å²) in [4.78, 5) is 14.9. The van der Waals surface area contributed by atoms with Crippen molar-refractivity contribution in [2.24, 2.45) is 0 Å². The van der Waals surface area contributed by atoms with Crippen molar-refractivity contribution in [2.45, 2.75) is 90.9 Å². The van der Waals surface area contributed by atoms with E-state index in [0.29, 0.717) is 5.56 Å². The predicted molar refractivity (Wildman–Crippen MR) is 147 cm³/mol. The van der Waals surface area contributed by atoms with Crippen LogP contribution in [0.5, 0.6) is 5.75 Å². The highest BCUT2D eigenvalue weighted by atomic mass is 16.3. The molecule has 1 N–H and O–H groups in total. The molecule has 3 heteroatoms. The largest absolute Gasteiger partial charge is 0.507 e. The number of para-hydroxylation sites is 1. The third kappa shape index (κ3) is 10.6. The number of phenols is 1. The lowest BCUT2D eigenvalue weighted by atomic mass is 10.1. The molecule has 0 saturated carbocycles. The fraction of sp³-hybridized carbons (Fsp3) is 0.516. The van der Waals surface area contributed by atoms with E-state index < -0.39 is 0 Å². The Bertz CT molecular complexity index is 825. The average Bonchev–Trinajstić information content (AvgIpc) is 2.86. The number of benzene rings is 2. The smallest absolute Gasteiger partial charge is 0.189 e. The topological polar surface area (TPSA) is 40.5 Å². The highest BCUT2D eigenvalue weighted by molar-refractivity contribution is 6.08. The van der Waals surface area contributed by atoms with Crippen LogP contribution in [0.4, 0.5) is 5.69 Å². The highest BCUT2D eigenvalue weighted by Gasteiger charge is 2.08. The molecule has 0 radical (unpaired) electrons. The van der Waals surface area contributed by atoms with Crippen LogP contribution >= 0.6 is 0 Å². The fourth-order valence-corrected chi connectivity index (χ4v) is 4.28. The molecule has 2 rings (SSSR count). The summed E-state index contributed by atoms with van der Waals surface area (Å²) in [7, 11) is 0. The Morgan fingerprint density at radius 3 is 1.82 bits per heavy atom. The van der Waals surface area contributed by atoms with Crippen molar-refractivity contribution in [3.05, 3.63) is 65.7 Å². The first-order chi connectivity index (χ1) is 16.7. The minimum atomic E-state index is -0.185. The number of rotatable bonds is 18. The van der Waals surface area contributed by atoms with Crippen LogP contribution in [0, 0.1) is 0 Å². The van der Waals surface area contributed by atoms with E-state index in [1.54, 1.807) is 18.2 Å². The number of hydrogen-bond acceptors (Lipinski definition) is 3. The highest BCUT2D eigenvalue weighted by Crippen LogP contribution is 2.20. The maximum Gasteiger partial charge on any atom is 0.189 e. The summed E-state index contributed by atoms with van der Waals surface area (Å²) in [5.74, 6) is -0.164. The molecule has 0 fully saturated rings. The zero-order chi connectivity index (χ0) is 24.4. The van der Waals surface area contributed by atoms with Gasteiger partial charge in [0.25, 0.3) is 0 Å². The number of phenolic OH excluding ortho intramolecular Hbond substituents is 1. The Kier molecular flexibility index (Phi) is 13.8. The molecule has 0 bridgehead atoms. The molecule has 0 aliphatic heterocycles. The number of nitrogens with zero attached hydrogens (tertiary/aromatic N) is 1. The Labute approximate surface area is 207 Å². The molecule has 0 atom stereocenters. The minimum Gasteiger partial charge on any atom is -0.507 e. The third-order valence-corrected chi connectivity index (χ3v) is 6.42. The number of anilines is 1. The second kappa shape index (κ2) is 17.0. The Hall–Kier alpha value is -2.55. The number of unbranched alkanes of at least 4 members (excludes halogenated alkanes) is 10. The molecule has 0 aliphatic carbocycles. The molecule has 186 valence electrons. The van der Waals surface area contributed by atoms with E-state index in [9.17, 15) is 9.90 Å². The number of carbonyl (C=O) groups is 1. The molecule has 0 saturated heterocycles. The molecule has 0 heterocycles. The number of allylic oxidation sites excluding steroid dienone is 1. The van der Waals surface area contributed by atoms with Gasteiger partial charge in [-0.3, -0.25) is 4.79 Å². The van der Waals surface area contributed by atoms with Gasteiger partial charge in [-0.25, -0.2) is 0 Å². The summed E-state index contributed by atoms with van der Waals surface area (Å²) in [6.07, 6.45) is 19.2. The summed E-state index contributed by atoms with van der Waals surface area (Å²) in [6, 6.07) is 15.2. The molecule has 2 aromatic carbocycles. The van der Waals surface area contributed by atoms with Crippen LogP contribution in [0.1, 0.15) is 107 Å². The van der Waals surface area contributed by atoms with Crippen LogP contribution in [-0.4, -0.2) is 24.0 Å². The summed E-state index contributed by atoms with van der Waals surface area (Å²) >= 11 is 0. The molecule has 0 amide bonds. The predicted octanol–water partition coefficient (Wildman–Crippen LogP) is 8.82. The molecular weight excluding hydrogens is 418 g/mol. The van der Waals surface area contributed by atoms with Crippen molar-refractivity contribution in [3.63, 3.8) is 0 Å². The quantitative estimate of drug-likeness (QED) is 0.136. The SMILES string of the molecule is CCCCCCCCN(CCCCCCCC)c1ccc(/C=C/C(=O)c2ccccc2O)cc1. The molecule has 0 aliphatic rings. The summed E-state index contributed by atoms with van der Waals surface area (Å²) in [5, 5.41) is 9.88. The third-order valence-electron chi connectivity index (χ3n) is 6.42. The van der Waals surface area contributed by atoms with Crippen LogP contribution in [0.15, 0.2) is 54.6 Å². The first kappa shape index (κ1) is 27.7. The number of carbonyl (C=O) groups excluding carboxylic acids is 1. The van der Waals surface area contributed by atoms with Crippen LogP contribution < -0.4 is 4.90 Å². The number of ketones is 1. The number of aromatic hydroxyl groups is 1. The molecule has 0 aromatic heterocycles.